The first kappa shape index (κ1) is 13.4. The van der Waals surface area contributed by atoms with Crippen LogP contribution in [0.4, 0.5) is 0 Å². The summed E-state index contributed by atoms with van der Waals surface area (Å²) in [5, 5.41) is -1.89. The average molecular weight is 279 g/mol. The summed E-state index contributed by atoms with van der Waals surface area (Å²) in [4.78, 5) is 36.0. The lowest BCUT2D eigenvalue weighted by molar-refractivity contribution is -0.163. The van der Waals surface area contributed by atoms with Crippen molar-refractivity contribution in [1.29, 1.82) is 0 Å². The molecule has 0 saturated carbocycles. The second-order valence-corrected chi connectivity index (χ2v) is 5.62. The Labute approximate surface area is 92.8 Å². The van der Waals surface area contributed by atoms with E-state index in [2.05, 4.69) is 4.98 Å². The molecule has 0 saturated heterocycles. The van der Waals surface area contributed by atoms with E-state index >= 15 is 0 Å². The van der Waals surface area contributed by atoms with Crippen LogP contribution in [-0.4, -0.2) is 4.98 Å². The Morgan fingerprint density at radius 2 is 1.50 bits per heavy atom. The van der Waals surface area contributed by atoms with E-state index in [0.29, 0.717) is 0 Å². The molecule has 84 valence electrons. The van der Waals surface area contributed by atoms with Gasteiger partial charge in [0.1, 0.15) is 0 Å². The van der Waals surface area contributed by atoms with Crippen LogP contribution in [0.1, 0.15) is 5.69 Å². The predicted molar refractivity (Wildman–Crippen MR) is 50.7 cm³/mol. The zero-order valence-corrected chi connectivity index (χ0v) is 10.5. The van der Waals surface area contributed by atoms with E-state index in [0.717, 1.165) is 6.20 Å². The van der Waals surface area contributed by atoms with Gasteiger partial charge in [0.25, 0.3) is 15.9 Å². The molecule has 1 rings (SSSR count). The molecule has 16 heavy (non-hydrogen) atoms. The van der Waals surface area contributed by atoms with Crippen LogP contribution >= 0.6 is 24.1 Å². The fraction of sp³-hybridized carbons (Fsp3) is 0.167. The molecule has 1 aromatic heterocycles. The first-order valence-electron chi connectivity index (χ1n) is 3.79. The van der Waals surface area contributed by atoms with E-state index in [-0.39, 0.29) is 5.69 Å². The second-order valence-electron chi connectivity index (χ2n) is 2.70. The number of rotatable bonds is 3. The van der Waals surface area contributed by atoms with Gasteiger partial charge in [-0.3, -0.25) is 4.98 Å². The molecule has 0 aromatic carbocycles. The molecule has 1 heterocycles. The molecular weight excluding hydrogens is 275 g/mol. The number of hydrogen-bond donors (Lipinski definition) is 0. The van der Waals surface area contributed by atoms with Crippen LogP contribution in [0.2, 0.25) is 0 Å². The third kappa shape index (κ3) is 2.53. The van der Waals surface area contributed by atoms with Gasteiger partial charge in [-0.2, -0.15) is 0 Å². The smallest absolute Gasteiger partial charge is 0.358 e. The van der Waals surface area contributed by atoms with Crippen LogP contribution in [0.15, 0.2) is 6.20 Å². The normalized spacial score (nSPS) is 13.4. The Bertz CT molecular complexity index is 501. The van der Waals surface area contributed by atoms with Crippen molar-refractivity contribution in [3.05, 3.63) is 11.9 Å². The van der Waals surface area contributed by atoms with Crippen LogP contribution in [0, 0.1) is 6.92 Å². The zero-order chi connectivity index (χ0) is 12.5. The summed E-state index contributed by atoms with van der Waals surface area (Å²) >= 11 is 0. The van der Waals surface area contributed by atoms with Crippen molar-refractivity contribution in [2.45, 2.75) is 6.92 Å². The highest BCUT2D eigenvalue weighted by molar-refractivity contribution is 7.57. The average Bonchev–Trinajstić information content (AvgIpc) is 2.15. The molecule has 0 bridgehead atoms. The molecule has 0 fully saturated rings. The third-order valence-corrected chi connectivity index (χ3v) is 4.58. The molecule has 0 spiro atoms. The zero-order valence-electron chi connectivity index (χ0n) is 7.82. The minimum absolute atomic E-state index is 0.0501. The van der Waals surface area contributed by atoms with Crippen LogP contribution in [0.3, 0.4) is 0 Å². The first-order chi connectivity index (χ1) is 7.36. The van der Waals surface area contributed by atoms with Gasteiger partial charge in [0.2, 0.25) is 0 Å². The summed E-state index contributed by atoms with van der Waals surface area (Å²) in [6.07, 6.45) is 0.823. The topological polar surface area (TPSA) is 133 Å². The summed E-state index contributed by atoms with van der Waals surface area (Å²) in [7, 11) is -9.77. The molecule has 0 amide bonds. The lowest BCUT2D eigenvalue weighted by Gasteiger charge is -1.99. The summed E-state index contributed by atoms with van der Waals surface area (Å²) < 4.78 is 32.5. The summed E-state index contributed by atoms with van der Waals surface area (Å²) in [6, 6.07) is 0. The Balaban J connectivity index is 3.70. The molecule has 0 aliphatic carbocycles. The quantitative estimate of drug-likeness (QED) is 0.561. The lowest BCUT2D eigenvalue weighted by atomic mass is 10.4. The number of nitrogens with zero attached hydrogens (tertiary/aromatic N) is 1. The Hall–Kier alpha value is -0.670. The van der Waals surface area contributed by atoms with Gasteiger partial charge >= 0.3 is 24.1 Å². The van der Waals surface area contributed by atoms with Crippen molar-refractivity contribution >= 4 is 40.0 Å². The van der Waals surface area contributed by atoms with Crippen molar-refractivity contribution < 1.29 is 28.4 Å². The van der Waals surface area contributed by atoms with Crippen molar-refractivity contribution in [3.63, 3.8) is 0 Å². The Morgan fingerprint density at radius 1 is 1.00 bits per heavy atom. The first-order valence-corrected chi connectivity index (χ1v) is 7.32. The predicted octanol–water partition coefficient (Wildman–Crippen LogP) is -2.43. The van der Waals surface area contributed by atoms with Crippen LogP contribution < -0.4 is 30.6 Å². The number of aryl methyl sites for hydroxylation is 1. The minimum atomic E-state index is -3.33. The summed E-state index contributed by atoms with van der Waals surface area (Å²) in [6.45, 7) is 1.28. The molecule has 0 radical (unpaired) electrons. The number of pyridine rings is 1. The minimum Gasteiger partial charge on any atom is -0.591 e. The van der Waals surface area contributed by atoms with Gasteiger partial charge < -0.3 is 14.7 Å². The van der Waals surface area contributed by atoms with Crippen molar-refractivity contribution in [2.75, 3.05) is 0 Å². The van der Waals surface area contributed by atoms with Crippen molar-refractivity contribution in [3.8, 4) is 0 Å². The fourth-order valence-corrected chi connectivity index (χ4v) is 3.80. The molecule has 0 N–H and O–H groups in total. The highest BCUT2D eigenvalue weighted by Gasteiger charge is 2.37. The van der Waals surface area contributed by atoms with Crippen LogP contribution in [-0.2, 0) is 13.7 Å². The van der Waals surface area contributed by atoms with E-state index < -0.39 is 40.0 Å². The second kappa shape index (κ2) is 5.11. The van der Waals surface area contributed by atoms with E-state index in [1.165, 1.54) is 6.92 Å². The number of hydrogen-bond acceptors (Lipinski definition) is 7. The van der Waals surface area contributed by atoms with Gasteiger partial charge in [0.15, 0.2) is 0 Å². The van der Waals surface area contributed by atoms with E-state index in [9.17, 15) is 28.4 Å². The Kier molecular flexibility index (Phi) is 4.28. The maximum Gasteiger partial charge on any atom is 0.358 e. The molecule has 1 aromatic rings. The van der Waals surface area contributed by atoms with Crippen molar-refractivity contribution in [1.82, 2.24) is 4.98 Å². The third-order valence-electron chi connectivity index (χ3n) is 1.75. The van der Waals surface area contributed by atoms with Gasteiger partial charge in [-0.05, 0) is 6.92 Å². The van der Waals surface area contributed by atoms with Gasteiger partial charge in [0, 0.05) is 0 Å². The maximum absolute atomic E-state index is 10.9. The van der Waals surface area contributed by atoms with E-state index in [1.54, 1.807) is 0 Å². The van der Waals surface area contributed by atoms with Crippen LogP contribution in [0.5, 0.6) is 0 Å². The molecule has 0 aliphatic rings. The molecule has 3 unspecified atom stereocenters. The highest BCUT2D eigenvalue weighted by Crippen LogP contribution is 2.18. The molecule has 10 heteroatoms. The van der Waals surface area contributed by atoms with Gasteiger partial charge in [0.05, 0.1) is 11.9 Å². The number of aromatic nitrogens is 1. The SMILES string of the molecule is Cc1ncc([P+](=O)[O-])c([P+](=O)[O-])c1[P+](=O)[O-]. The summed E-state index contributed by atoms with van der Waals surface area (Å²) in [5.41, 5.74) is -0.0501. The van der Waals surface area contributed by atoms with E-state index in [1.807, 2.05) is 0 Å². The van der Waals surface area contributed by atoms with E-state index in [4.69, 9.17) is 0 Å². The molecular formula is C6H4NO6P3. The monoisotopic (exact) mass is 279 g/mol. The van der Waals surface area contributed by atoms with Gasteiger partial charge in [-0.15, -0.1) is 0 Å². The highest BCUT2D eigenvalue weighted by atomic mass is 31.1. The maximum atomic E-state index is 10.9. The molecule has 3 atom stereocenters. The Morgan fingerprint density at radius 3 is 1.88 bits per heavy atom. The fourth-order valence-electron chi connectivity index (χ4n) is 1.11. The summed E-state index contributed by atoms with van der Waals surface area (Å²) in [5.74, 6) is 0. The molecule has 7 nitrogen and oxygen atoms in total. The molecule has 0 aliphatic heterocycles. The standard InChI is InChI=1S/C6H4NO6P3/c1-3-5(15(10)11)6(16(12)13)4(2-7-3)14(8)9/h2H,1H3. The van der Waals surface area contributed by atoms with Gasteiger partial charge in [-0.25, -0.2) is 0 Å². The van der Waals surface area contributed by atoms with Crippen LogP contribution in [0.25, 0.3) is 0 Å². The van der Waals surface area contributed by atoms with Gasteiger partial charge in [-0.1, -0.05) is 13.7 Å². The lowest BCUT2D eigenvalue weighted by Crippen LogP contribution is -2.38. The van der Waals surface area contributed by atoms with Crippen molar-refractivity contribution in [2.24, 2.45) is 0 Å². The largest absolute Gasteiger partial charge is 0.591 e.